The summed E-state index contributed by atoms with van der Waals surface area (Å²) < 4.78 is 25.9. The number of carboxylic acid groups (broad SMARTS) is 1. The number of methoxy groups -OCH3 is 1. The topological polar surface area (TPSA) is 125 Å². The molecule has 1 amide bonds. The number of fused-ring (bicyclic) bond motifs is 3. The number of imidazole rings is 1. The molecule has 8 rings (SSSR count). The molecule has 11 nitrogen and oxygen atoms in total. The number of amides is 1. The molecule has 0 spiro atoms. The van der Waals surface area contributed by atoms with Crippen LogP contribution >= 0.6 is 0 Å². The van der Waals surface area contributed by atoms with Gasteiger partial charge < -0.3 is 29.0 Å². The normalized spacial score (nSPS) is 17.1. The highest BCUT2D eigenvalue weighted by Gasteiger charge is 2.44. The minimum Gasteiger partial charge on any atom is -0.491 e. The summed E-state index contributed by atoms with van der Waals surface area (Å²) in [5, 5.41) is 13.4. The molecule has 0 aliphatic carbocycles. The fraction of sp³-hybridized carbons (Fsp3) is 0.209. The molecular formula is C43H38N4O7. The average molecular weight is 723 g/mol. The van der Waals surface area contributed by atoms with E-state index in [4.69, 9.17) is 23.9 Å². The van der Waals surface area contributed by atoms with E-state index < -0.39 is 30.3 Å². The maximum Gasteiger partial charge on any atom is 0.407 e. The number of hydrogen-bond acceptors (Lipinski definition) is 8. The van der Waals surface area contributed by atoms with Crippen molar-refractivity contribution in [3.8, 4) is 22.9 Å². The van der Waals surface area contributed by atoms with Crippen LogP contribution in [0.5, 0.6) is 11.5 Å². The summed E-state index contributed by atoms with van der Waals surface area (Å²) in [5.41, 5.74) is 4.07. The van der Waals surface area contributed by atoms with Gasteiger partial charge in [-0.1, -0.05) is 78.9 Å². The standard InChI is InChI=1S/C43H38N4O7/c1-51-22-23-52-33-18-20-46-36(27-44-39(46)26-33)34-17-16-30-12-7-13-37(40(30)45-34)53-38-19-21-47(43(49)50)35(41(38)54-42(48)31-9-3-2-4-10-31)25-28-14-15-29-8-5-6-11-32(29)24-28/h2-18,20,24,26-27,35,38,41H,19,21-23,25H2,1H3,(H,49,50). The molecule has 1 aliphatic heterocycles. The summed E-state index contributed by atoms with van der Waals surface area (Å²) >= 11 is 0. The molecule has 0 saturated carbocycles. The lowest BCUT2D eigenvalue weighted by Gasteiger charge is -2.43. The first-order valence-electron chi connectivity index (χ1n) is 17.8. The highest BCUT2D eigenvalue weighted by Crippen LogP contribution is 2.34. The second-order valence-electron chi connectivity index (χ2n) is 13.2. The predicted molar refractivity (Wildman–Crippen MR) is 204 cm³/mol. The number of nitrogens with zero attached hydrogens (tertiary/aromatic N) is 4. The minimum absolute atomic E-state index is 0.195. The van der Waals surface area contributed by atoms with Crippen molar-refractivity contribution in [1.29, 1.82) is 0 Å². The zero-order chi connectivity index (χ0) is 37.0. The van der Waals surface area contributed by atoms with Gasteiger partial charge in [0.05, 0.1) is 35.8 Å². The fourth-order valence-electron chi connectivity index (χ4n) is 7.14. The number of carbonyl (C=O) groups excluding carboxylic acids is 1. The average Bonchev–Trinajstić information content (AvgIpc) is 3.62. The number of likely N-dealkylation sites (tertiary alicyclic amines) is 1. The summed E-state index contributed by atoms with van der Waals surface area (Å²) in [6, 6.07) is 35.4. The minimum atomic E-state index is -1.09. The maximum absolute atomic E-state index is 13.7. The van der Waals surface area contributed by atoms with Gasteiger partial charge in [-0.25, -0.2) is 19.6 Å². The van der Waals surface area contributed by atoms with E-state index in [1.807, 2.05) is 95.5 Å². The van der Waals surface area contributed by atoms with Crippen molar-refractivity contribution in [1.82, 2.24) is 19.3 Å². The second kappa shape index (κ2) is 15.3. The van der Waals surface area contributed by atoms with Crippen LogP contribution in [-0.4, -0.2) is 81.6 Å². The van der Waals surface area contributed by atoms with Crippen LogP contribution in [0.3, 0.4) is 0 Å². The van der Waals surface area contributed by atoms with Crippen molar-refractivity contribution in [2.75, 3.05) is 26.9 Å². The number of rotatable bonds is 11. The number of benzene rings is 4. The van der Waals surface area contributed by atoms with Gasteiger partial charge in [0.1, 0.15) is 35.4 Å². The molecule has 4 aromatic carbocycles. The van der Waals surface area contributed by atoms with Crippen molar-refractivity contribution in [2.45, 2.75) is 31.1 Å². The number of esters is 1. The van der Waals surface area contributed by atoms with Crippen molar-refractivity contribution in [3.05, 3.63) is 139 Å². The highest BCUT2D eigenvalue weighted by atomic mass is 16.6. The van der Waals surface area contributed by atoms with E-state index in [0.29, 0.717) is 60.0 Å². The Hall–Kier alpha value is -6.46. The van der Waals surface area contributed by atoms with E-state index in [2.05, 4.69) is 11.1 Å². The summed E-state index contributed by atoms with van der Waals surface area (Å²) in [4.78, 5) is 37.4. The van der Waals surface area contributed by atoms with E-state index in [1.54, 1.807) is 37.6 Å². The molecule has 1 fully saturated rings. The van der Waals surface area contributed by atoms with Crippen molar-refractivity contribution >= 4 is 39.4 Å². The molecule has 7 aromatic rings. The molecule has 4 heterocycles. The third kappa shape index (κ3) is 7.13. The molecule has 1 N–H and O–H groups in total. The third-order valence-electron chi connectivity index (χ3n) is 9.82. The molecule has 3 unspecified atom stereocenters. The van der Waals surface area contributed by atoms with Crippen molar-refractivity contribution in [3.63, 3.8) is 0 Å². The molecule has 54 heavy (non-hydrogen) atoms. The summed E-state index contributed by atoms with van der Waals surface area (Å²) in [7, 11) is 1.63. The smallest absolute Gasteiger partial charge is 0.407 e. The second-order valence-corrected chi connectivity index (χ2v) is 13.2. The zero-order valence-corrected chi connectivity index (χ0v) is 29.6. The fourth-order valence-corrected chi connectivity index (χ4v) is 7.14. The first kappa shape index (κ1) is 34.6. The molecule has 0 bridgehead atoms. The SMILES string of the molecule is COCCOc1ccn2c(-c3ccc4cccc(OC5CCN(C(=O)O)C(Cc6ccc7ccccc7c6)C5OC(=O)c5ccccc5)c4n3)cnc2c1. The van der Waals surface area contributed by atoms with Gasteiger partial charge in [-0.3, -0.25) is 4.40 Å². The Kier molecular flexibility index (Phi) is 9.78. The van der Waals surface area contributed by atoms with E-state index in [1.165, 1.54) is 4.90 Å². The molecule has 272 valence electrons. The summed E-state index contributed by atoms with van der Waals surface area (Å²) in [5.74, 6) is 0.633. The van der Waals surface area contributed by atoms with Crippen molar-refractivity contribution < 1.29 is 33.6 Å². The Balaban J connectivity index is 1.14. The lowest BCUT2D eigenvalue weighted by Crippen LogP contribution is -2.60. The number of piperidine rings is 1. The summed E-state index contributed by atoms with van der Waals surface area (Å²) in [6.45, 7) is 1.11. The predicted octanol–water partition coefficient (Wildman–Crippen LogP) is 7.70. The van der Waals surface area contributed by atoms with Gasteiger partial charge in [0.15, 0.2) is 6.10 Å². The van der Waals surface area contributed by atoms with Crippen LogP contribution in [-0.2, 0) is 15.9 Å². The quantitative estimate of drug-likeness (QED) is 0.106. The molecule has 3 atom stereocenters. The van der Waals surface area contributed by atoms with Crippen molar-refractivity contribution in [2.24, 2.45) is 0 Å². The number of para-hydroxylation sites is 1. The molecule has 1 aliphatic rings. The maximum atomic E-state index is 13.7. The lowest BCUT2D eigenvalue weighted by atomic mass is 9.90. The Morgan fingerprint density at radius 2 is 1.65 bits per heavy atom. The molecule has 11 heteroatoms. The van der Waals surface area contributed by atoms with E-state index in [0.717, 1.165) is 27.4 Å². The monoisotopic (exact) mass is 722 g/mol. The largest absolute Gasteiger partial charge is 0.491 e. The summed E-state index contributed by atoms with van der Waals surface area (Å²) in [6.07, 6.45) is 1.57. The van der Waals surface area contributed by atoms with Crippen LogP contribution in [0.1, 0.15) is 22.3 Å². The van der Waals surface area contributed by atoms with Crippen LogP contribution in [0, 0.1) is 0 Å². The van der Waals surface area contributed by atoms with Gasteiger partial charge in [0.25, 0.3) is 0 Å². The number of hydrogen-bond donors (Lipinski definition) is 1. The van der Waals surface area contributed by atoms with E-state index in [9.17, 15) is 14.7 Å². The van der Waals surface area contributed by atoms with Gasteiger partial charge in [-0.05, 0) is 53.1 Å². The van der Waals surface area contributed by atoms with E-state index in [-0.39, 0.29) is 6.54 Å². The van der Waals surface area contributed by atoms with E-state index >= 15 is 0 Å². The highest BCUT2D eigenvalue weighted by molar-refractivity contribution is 5.90. The van der Waals surface area contributed by atoms with Gasteiger partial charge in [0.2, 0.25) is 0 Å². The Morgan fingerprint density at radius 1 is 0.852 bits per heavy atom. The van der Waals surface area contributed by atoms with Crippen LogP contribution in [0.4, 0.5) is 4.79 Å². The first-order chi connectivity index (χ1) is 26.4. The van der Waals surface area contributed by atoms with Gasteiger partial charge in [-0.2, -0.15) is 0 Å². The van der Waals surface area contributed by atoms with Crippen LogP contribution in [0.2, 0.25) is 0 Å². The van der Waals surface area contributed by atoms with Gasteiger partial charge >= 0.3 is 12.1 Å². The molecule has 3 aromatic heterocycles. The molecular weight excluding hydrogens is 684 g/mol. The lowest BCUT2D eigenvalue weighted by molar-refractivity contribution is -0.0709. The zero-order valence-electron chi connectivity index (χ0n) is 29.6. The first-order valence-corrected chi connectivity index (χ1v) is 17.8. The molecule has 0 radical (unpaired) electrons. The number of carbonyl (C=O) groups is 2. The third-order valence-corrected chi connectivity index (χ3v) is 9.82. The number of pyridine rings is 2. The van der Waals surface area contributed by atoms with Crippen LogP contribution in [0.25, 0.3) is 38.7 Å². The number of aromatic nitrogens is 3. The van der Waals surface area contributed by atoms with Gasteiger partial charge in [-0.15, -0.1) is 0 Å². The Morgan fingerprint density at radius 3 is 2.48 bits per heavy atom. The van der Waals surface area contributed by atoms with Crippen LogP contribution in [0.15, 0.2) is 128 Å². The number of ether oxygens (including phenoxy) is 4. The Bertz CT molecular complexity index is 2450. The van der Waals surface area contributed by atoms with Gasteiger partial charge in [0, 0.05) is 37.7 Å². The Labute approximate surface area is 311 Å². The molecule has 1 saturated heterocycles. The van der Waals surface area contributed by atoms with Crippen LogP contribution < -0.4 is 9.47 Å².